The van der Waals surface area contributed by atoms with E-state index in [0.29, 0.717) is 17.1 Å². The lowest BCUT2D eigenvalue weighted by molar-refractivity contribution is 0.0690. The maximum Gasteiger partial charge on any atom is 0.354 e. The van der Waals surface area contributed by atoms with Crippen molar-refractivity contribution in [1.29, 1.82) is 0 Å². The van der Waals surface area contributed by atoms with Gasteiger partial charge in [0.15, 0.2) is 5.13 Å². The molecular formula is C20H20ClN3O2S. The molecule has 0 aliphatic carbocycles. The van der Waals surface area contributed by atoms with E-state index in [2.05, 4.69) is 9.88 Å². The second kappa shape index (κ2) is 7.82. The number of hydrogen-bond donors (Lipinski definition) is 1. The molecule has 0 atom stereocenters. The molecule has 3 aromatic rings. The van der Waals surface area contributed by atoms with Gasteiger partial charge in [0.2, 0.25) is 0 Å². The summed E-state index contributed by atoms with van der Waals surface area (Å²) in [4.78, 5) is 22.7. The van der Waals surface area contributed by atoms with Gasteiger partial charge in [-0.2, -0.15) is 0 Å². The fourth-order valence-corrected chi connectivity index (χ4v) is 4.88. The summed E-state index contributed by atoms with van der Waals surface area (Å²) in [6.45, 7) is 2.09. The van der Waals surface area contributed by atoms with Crippen LogP contribution in [0.1, 0.15) is 47.4 Å². The number of benzene rings is 1. The number of rotatable bonds is 4. The lowest BCUT2D eigenvalue weighted by Gasteiger charge is -2.18. The zero-order chi connectivity index (χ0) is 18.8. The first-order valence-corrected chi connectivity index (χ1v) is 10.3. The van der Waals surface area contributed by atoms with Gasteiger partial charge in [-0.25, -0.2) is 14.8 Å². The first-order valence-electron chi connectivity index (χ1n) is 9.13. The third-order valence-electron chi connectivity index (χ3n) is 4.80. The van der Waals surface area contributed by atoms with E-state index in [1.165, 1.54) is 31.7 Å². The minimum atomic E-state index is -1.02. The zero-order valence-electron chi connectivity index (χ0n) is 14.8. The molecular weight excluding hydrogens is 382 g/mol. The quantitative estimate of drug-likeness (QED) is 0.665. The summed E-state index contributed by atoms with van der Waals surface area (Å²) in [5.41, 5.74) is 2.66. The number of carboxylic acids is 1. The van der Waals surface area contributed by atoms with Gasteiger partial charge in [-0.3, -0.25) is 0 Å². The molecule has 2 aromatic heterocycles. The van der Waals surface area contributed by atoms with Gasteiger partial charge in [-0.1, -0.05) is 41.8 Å². The Labute approximate surface area is 166 Å². The summed E-state index contributed by atoms with van der Waals surface area (Å²) in [6, 6.07) is 8.92. The van der Waals surface area contributed by atoms with E-state index in [9.17, 15) is 4.79 Å². The Kier molecular flexibility index (Phi) is 5.27. The molecule has 1 fully saturated rings. The van der Waals surface area contributed by atoms with Crippen LogP contribution in [0.4, 0.5) is 5.13 Å². The van der Waals surface area contributed by atoms with Gasteiger partial charge in [-0.15, -0.1) is 0 Å². The minimum absolute atomic E-state index is 0.0503. The number of thiazole rings is 1. The van der Waals surface area contributed by atoms with Crippen LogP contribution >= 0.6 is 22.9 Å². The van der Waals surface area contributed by atoms with Crippen molar-refractivity contribution in [3.05, 3.63) is 52.3 Å². The van der Waals surface area contributed by atoms with Gasteiger partial charge in [0.25, 0.3) is 0 Å². The van der Waals surface area contributed by atoms with Crippen LogP contribution in [0.25, 0.3) is 10.2 Å². The number of carboxylic acid groups (broad SMARTS) is 1. The van der Waals surface area contributed by atoms with Crippen molar-refractivity contribution in [1.82, 2.24) is 9.97 Å². The zero-order valence-corrected chi connectivity index (χ0v) is 16.4. The Bertz CT molecular complexity index is 981. The SMILES string of the molecule is O=C(O)c1cccc(Cc2cc(Cl)cc3sc(N4CCCCCC4)nc23)n1. The lowest BCUT2D eigenvalue weighted by atomic mass is 10.1. The topological polar surface area (TPSA) is 66.3 Å². The fourth-order valence-electron chi connectivity index (χ4n) is 3.47. The van der Waals surface area contributed by atoms with Crippen LogP contribution in [0.3, 0.4) is 0 Å². The lowest BCUT2D eigenvalue weighted by Crippen LogP contribution is -2.23. The third kappa shape index (κ3) is 4.06. The van der Waals surface area contributed by atoms with E-state index in [-0.39, 0.29) is 5.69 Å². The number of carbonyl (C=O) groups is 1. The molecule has 0 bridgehead atoms. The highest BCUT2D eigenvalue weighted by molar-refractivity contribution is 7.22. The smallest absolute Gasteiger partial charge is 0.354 e. The van der Waals surface area contributed by atoms with Crippen LogP contribution in [0.2, 0.25) is 5.02 Å². The molecule has 3 heterocycles. The summed E-state index contributed by atoms with van der Waals surface area (Å²) in [5.74, 6) is -1.02. The third-order valence-corrected chi connectivity index (χ3v) is 6.08. The highest BCUT2D eigenvalue weighted by atomic mass is 35.5. The van der Waals surface area contributed by atoms with Gasteiger partial charge in [-0.05, 0) is 42.7 Å². The van der Waals surface area contributed by atoms with Gasteiger partial charge in [0.05, 0.1) is 10.2 Å². The van der Waals surface area contributed by atoms with Crippen molar-refractivity contribution in [2.75, 3.05) is 18.0 Å². The van der Waals surface area contributed by atoms with Crippen LogP contribution in [-0.4, -0.2) is 34.1 Å². The fraction of sp³-hybridized carbons (Fsp3) is 0.350. The molecule has 27 heavy (non-hydrogen) atoms. The summed E-state index contributed by atoms with van der Waals surface area (Å²) < 4.78 is 1.06. The number of anilines is 1. The minimum Gasteiger partial charge on any atom is -0.477 e. The summed E-state index contributed by atoms with van der Waals surface area (Å²) in [7, 11) is 0. The van der Waals surface area contributed by atoms with E-state index in [4.69, 9.17) is 21.7 Å². The molecule has 1 saturated heterocycles. The number of nitrogens with zero attached hydrogens (tertiary/aromatic N) is 3. The number of fused-ring (bicyclic) bond motifs is 1. The molecule has 1 N–H and O–H groups in total. The number of pyridine rings is 1. The second-order valence-electron chi connectivity index (χ2n) is 6.81. The summed E-state index contributed by atoms with van der Waals surface area (Å²) >= 11 is 8.02. The molecule has 0 spiro atoms. The number of halogens is 1. The number of aromatic nitrogens is 2. The molecule has 0 saturated carbocycles. The average Bonchev–Trinajstić information content (AvgIpc) is 2.88. The molecule has 140 valence electrons. The van der Waals surface area contributed by atoms with Crippen molar-refractivity contribution in [3.63, 3.8) is 0 Å². The highest BCUT2D eigenvalue weighted by Crippen LogP contribution is 2.34. The Morgan fingerprint density at radius 1 is 1.15 bits per heavy atom. The van der Waals surface area contributed by atoms with Crippen molar-refractivity contribution >= 4 is 44.3 Å². The van der Waals surface area contributed by atoms with Crippen LogP contribution in [0.15, 0.2) is 30.3 Å². The van der Waals surface area contributed by atoms with Crippen LogP contribution in [-0.2, 0) is 6.42 Å². The van der Waals surface area contributed by atoms with Crippen molar-refractivity contribution in [3.8, 4) is 0 Å². The van der Waals surface area contributed by atoms with E-state index < -0.39 is 5.97 Å². The molecule has 4 rings (SSSR count). The summed E-state index contributed by atoms with van der Waals surface area (Å²) in [5, 5.41) is 10.9. The normalized spacial score (nSPS) is 15.1. The molecule has 1 aromatic carbocycles. The first kappa shape index (κ1) is 18.2. The van der Waals surface area contributed by atoms with Crippen molar-refractivity contribution in [2.45, 2.75) is 32.1 Å². The Hall–Kier alpha value is -2.18. The Morgan fingerprint density at radius 3 is 2.67 bits per heavy atom. The Morgan fingerprint density at radius 2 is 1.93 bits per heavy atom. The predicted molar refractivity (Wildman–Crippen MR) is 109 cm³/mol. The van der Waals surface area contributed by atoms with Crippen molar-refractivity contribution < 1.29 is 9.90 Å². The van der Waals surface area contributed by atoms with Crippen LogP contribution in [0, 0.1) is 0 Å². The van der Waals surface area contributed by atoms with Crippen molar-refractivity contribution in [2.24, 2.45) is 0 Å². The monoisotopic (exact) mass is 401 g/mol. The van der Waals surface area contributed by atoms with Gasteiger partial charge >= 0.3 is 5.97 Å². The first-order chi connectivity index (χ1) is 13.1. The largest absolute Gasteiger partial charge is 0.477 e. The standard InChI is InChI=1S/C20H20ClN3O2S/c21-14-10-13(11-15-6-5-7-16(22-15)19(25)26)18-17(12-14)27-20(23-18)24-8-3-1-2-4-9-24/h5-7,10,12H,1-4,8-9,11H2,(H,25,26). The molecule has 1 aliphatic rings. The number of aromatic carboxylic acids is 1. The van der Waals surface area contributed by atoms with E-state index >= 15 is 0 Å². The molecule has 0 radical (unpaired) electrons. The second-order valence-corrected chi connectivity index (χ2v) is 8.25. The number of hydrogen-bond acceptors (Lipinski definition) is 5. The van der Waals surface area contributed by atoms with Gasteiger partial charge < -0.3 is 10.0 Å². The van der Waals surface area contributed by atoms with E-state index in [0.717, 1.165) is 34.0 Å². The van der Waals surface area contributed by atoms with E-state index in [1.54, 1.807) is 17.4 Å². The average molecular weight is 402 g/mol. The molecule has 1 aliphatic heterocycles. The maximum atomic E-state index is 11.2. The Balaban J connectivity index is 1.69. The molecule has 7 heteroatoms. The molecule has 5 nitrogen and oxygen atoms in total. The summed E-state index contributed by atoms with van der Waals surface area (Å²) in [6.07, 6.45) is 5.47. The maximum absolute atomic E-state index is 11.2. The predicted octanol–water partition coefficient (Wildman–Crippen LogP) is 5.01. The van der Waals surface area contributed by atoms with Crippen LogP contribution < -0.4 is 4.90 Å². The van der Waals surface area contributed by atoms with Gasteiger partial charge in [0.1, 0.15) is 5.69 Å². The molecule has 0 unspecified atom stereocenters. The van der Waals surface area contributed by atoms with Gasteiger partial charge in [0, 0.05) is 30.2 Å². The highest BCUT2D eigenvalue weighted by Gasteiger charge is 2.17. The van der Waals surface area contributed by atoms with E-state index in [1.807, 2.05) is 18.2 Å². The van der Waals surface area contributed by atoms with Crippen LogP contribution in [0.5, 0.6) is 0 Å². The molecule has 0 amide bonds.